The molecule has 0 bridgehead atoms. The van der Waals surface area contributed by atoms with E-state index >= 15 is 0 Å². The lowest BCUT2D eigenvalue weighted by molar-refractivity contribution is -0.0122. The van der Waals surface area contributed by atoms with Gasteiger partial charge >= 0.3 is 0 Å². The van der Waals surface area contributed by atoms with Gasteiger partial charge in [0, 0.05) is 0 Å². The Balaban J connectivity index is 1.71. The van der Waals surface area contributed by atoms with Crippen LogP contribution in [0.2, 0.25) is 0 Å². The first-order chi connectivity index (χ1) is 13.5. The maximum atomic E-state index is 10.8. The van der Waals surface area contributed by atoms with Crippen LogP contribution in [-0.4, -0.2) is 41.9 Å². The quantitative estimate of drug-likeness (QED) is 0.489. The summed E-state index contributed by atoms with van der Waals surface area (Å²) in [5.41, 5.74) is 6.59. The fourth-order valence-corrected chi connectivity index (χ4v) is 3.36. The Morgan fingerprint density at radius 3 is 2.64 bits per heavy atom. The molecule has 3 aromatic rings. The second-order valence-electron chi connectivity index (χ2n) is 6.90. The Morgan fingerprint density at radius 1 is 1.14 bits per heavy atom. The van der Waals surface area contributed by atoms with E-state index in [4.69, 9.17) is 19.9 Å². The monoisotopic (exact) mass is 385 g/mol. The van der Waals surface area contributed by atoms with E-state index in [1.165, 1.54) is 0 Å². The summed E-state index contributed by atoms with van der Waals surface area (Å²) in [4.78, 5) is 0. The number of methoxy groups -OCH3 is 2. The van der Waals surface area contributed by atoms with Crippen molar-refractivity contribution in [2.75, 3.05) is 20.8 Å². The van der Waals surface area contributed by atoms with Crippen molar-refractivity contribution in [3.05, 3.63) is 48.2 Å². The van der Waals surface area contributed by atoms with Crippen molar-refractivity contribution >= 4 is 10.9 Å². The average Bonchev–Trinajstić information content (AvgIpc) is 3.19. The van der Waals surface area contributed by atoms with Gasteiger partial charge in [-0.2, -0.15) is 5.10 Å². The molecule has 1 aromatic heterocycles. The standard InChI is InChI=1S/C21H27N3O4/c1-4-14(15-8-9-19(26-2)20(10-15)27-3)11-21(22,25)13-28-18-7-5-6-17-16(18)12-23-24-17/h5-10,12,14,25H,4,11,13,22H2,1-3H3,(H,23,24). The van der Waals surface area contributed by atoms with Crippen molar-refractivity contribution in [3.8, 4) is 17.2 Å². The molecule has 0 fully saturated rings. The van der Waals surface area contributed by atoms with E-state index in [2.05, 4.69) is 17.1 Å². The van der Waals surface area contributed by atoms with Gasteiger partial charge in [-0.05, 0) is 48.6 Å². The molecule has 2 aromatic carbocycles. The predicted octanol–water partition coefficient (Wildman–Crippen LogP) is 3.19. The normalized spacial score (nSPS) is 14.5. The number of ether oxygens (including phenoxy) is 3. The summed E-state index contributed by atoms with van der Waals surface area (Å²) in [6.07, 6.45) is 2.85. The summed E-state index contributed by atoms with van der Waals surface area (Å²) in [6.45, 7) is 2.03. The van der Waals surface area contributed by atoms with Crippen LogP contribution in [0, 0.1) is 0 Å². The zero-order chi connectivity index (χ0) is 20.1. The fourth-order valence-electron chi connectivity index (χ4n) is 3.36. The highest BCUT2D eigenvalue weighted by Crippen LogP contribution is 2.35. The van der Waals surface area contributed by atoms with Crippen LogP contribution in [0.1, 0.15) is 31.2 Å². The number of aliphatic hydroxyl groups is 1. The first kappa shape index (κ1) is 20.0. The smallest absolute Gasteiger partial charge is 0.160 e. The van der Waals surface area contributed by atoms with Crippen LogP contribution in [0.15, 0.2) is 42.6 Å². The molecule has 1 heterocycles. The lowest BCUT2D eigenvalue weighted by atomic mass is 9.88. The predicted molar refractivity (Wildman–Crippen MR) is 108 cm³/mol. The Kier molecular flexibility index (Phi) is 6.06. The second kappa shape index (κ2) is 8.50. The molecule has 2 atom stereocenters. The zero-order valence-corrected chi connectivity index (χ0v) is 16.4. The molecule has 0 radical (unpaired) electrons. The molecule has 28 heavy (non-hydrogen) atoms. The average molecular weight is 385 g/mol. The van der Waals surface area contributed by atoms with E-state index in [0.29, 0.717) is 23.7 Å². The molecule has 0 saturated heterocycles. The third-order valence-corrected chi connectivity index (χ3v) is 4.89. The summed E-state index contributed by atoms with van der Waals surface area (Å²) in [6, 6.07) is 11.4. The van der Waals surface area contributed by atoms with E-state index in [1.807, 2.05) is 36.4 Å². The van der Waals surface area contributed by atoms with Crippen molar-refractivity contribution in [3.63, 3.8) is 0 Å². The van der Waals surface area contributed by atoms with Crippen LogP contribution in [0.5, 0.6) is 17.2 Å². The van der Waals surface area contributed by atoms with Gasteiger partial charge in [-0.15, -0.1) is 0 Å². The molecule has 0 amide bonds. The molecule has 0 aliphatic rings. The Labute approximate surface area is 164 Å². The molecule has 7 heteroatoms. The molecule has 0 saturated carbocycles. The summed E-state index contributed by atoms with van der Waals surface area (Å²) < 4.78 is 16.5. The van der Waals surface area contributed by atoms with Crippen molar-refractivity contribution in [1.82, 2.24) is 10.2 Å². The Hall–Kier alpha value is -2.77. The molecule has 7 nitrogen and oxygen atoms in total. The molecule has 150 valence electrons. The highest BCUT2D eigenvalue weighted by molar-refractivity contribution is 5.84. The van der Waals surface area contributed by atoms with E-state index in [1.54, 1.807) is 20.4 Å². The summed E-state index contributed by atoms with van der Waals surface area (Å²) in [5, 5.41) is 18.5. The molecule has 4 N–H and O–H groups in total. The van der Waals surface area contributed by atoms with Gasteiger partial charge in [-0.25, -0.2) is 0 Å². The SMILES string of the molecule is CCC(CC(N)(O)COc1cccc2[nH]ncc12)c1ccc(OC)c(OC)c1. The number of nitrogens with one attached hydrogen (secondary N) is 1. The molecular formula is C21H27N3O4. The number of aromatic amines is 1. The Bertz CT molecular complexity index is 923. The third kappa shape index (κ3) is 4.37. The van der Waals surface area contributed by atoms with Crippen molar-refractivity contribution in [2.45, 2.75) is 31.4 Å². The zero-order valence-electron chi connectivity index (χ0n) is 16.4. The highest BCUT2D eigenvalue weighted by Gasteiger charge is 2.28. The van der Waals surface area contributed by atoms with Gasteiger partial charge in [-0.1, -0.05) is 19.1 Å². The minimum absolute atomic E-state index is 0.0267. The summed E-state index contributed by atoms with van der Waals surface area (Å²) >= 11 is 0. The van der Waals surface area contributed by atoms with E-state index in [-0.39, 0.29) is 12.5 Å². The van der Waals surface area contributed by atoms with Gasteiger partial charge in [0.05, 0.1) is 31.3 Å². The van der Waals surface area contributed by atoms with Crippen LogP contribution in [-0.2, 0) is 0 Å². The number of benzene rings is 2. The van der Waals surface area contributed by atoms with Crippen molar-refractivity contribution in [2.24, 2.45) is 5.73 Å². The van der Waals surface area contributed by atoms with Crippen molar-refractivity contribution < 1.29 is 19.3 Å². The van der Waals surface area contributed by atoms with Crippen molar-refractivity contribution in [1.29, 1.82) is 0 Å². The van der Waals surface area contributed by atoms with Gasteiger partial charge < -0.3 is 25.1 Å². The van der Waals surface area contributed by atoms with Gasteiger partial charge in [0.25, 0.3) is 0 Å². The van der Waals surface area contributed by atoms with Gasteiger partial charge in [-0.3, -0.25) is 5.10 Å². The van der Waals surface area contributed by atoms with Crippen LogP contribution >= 0.6 is 0 Å². The van der Waals surface area contributed by atoms with E-state index in [9.17, 15) is 5.11 Å². The summed E-state index contributed by atoms with van der Waals surface area (Å²) in [7, 11) is 3.21. The lowest BCUT2D eigenvalue weighted by Crippen LogP contribution is -2.46. The number of nitrogens with two attached hydrogens (primary N) is 1. The molecule has 3 rings (SSSR count). The molecule has 0 spiro atoms. The molecule has 0 aliphatic carbocycles. The van der Waals surface area contributed by atoms with E-state index < -0.39 is 5.72 Å². The maximum Gasteiger partial charge on any atom is 0.160 e. The highest BCUT2D eigenvalue weighted by atomic mass is 16.5. The van der Waals surface area contributed by atoms with Gasteiger partial charge in [0.1, 0.15) is 18.1 Å². The fraction of sp³-hybridized carbons (Fsp3) is 0.381. The largest absolute Gasteiger partial charge is 0.493 e. The first-order valence-electron chi connectivity index (χ1n) is 9.25. The lowest BCUT2D eigenvalue weighted by Gasteiger charge is -2.28. The van der Waals surface area contributed by atoms with Crippen LogP contribution < -0.4 is 19.9 Å². The summed E-state index contributed by atoms with van der Waals surface area (Å²) in [5.74, 6) is 2.00. The number of hydrogen-bond acceptors (Lipinski definition) is 6. The van der Waals surface area contributed by atoms with Gasteiger partial charge in [0.2, 0.25) is 0 Å². The minimum atomic E-state index is -1.49. The number of fused-ring (bicyclic) bond motifs is 1. The number of hydrogen-bond donors (Lipinski definition) is 3. The number of nitrogens with zero attached hydrogens (tertiary/aromatic N) is 1. The topological polar surface area (TPSA) is 103 Å². The van der Waals surface area contributed by atoms with Crippen LogP contribution in [0.3, 0.4) is 0 Å². The Morgan fingerprint density at radius 2 is 1.93 bits per heavy atom. The third-order valence-electron chi connectivity index (χ3n) is 4.89. The molecular weight excluding hydrogens is 358 g/mol. The minimum Gasteiger partial charge on any atom is -0.493 e. The maximum absolute atomic E-state index is 10.8. The van der Waals surface area contributed by atoms with Crippen LogP contribution in [0.4, 0.5) is 0 Å². The molecule has 0 aliphatic heterocycles. The van der Waals surface area contributed by atoms with Gasteiger partial charge in [0.15, 0.2) is 11.5 Å². The van der Waals surface area contributed by atoms with E-state index in [0.717, 1.165) is 22.9 Å². The first-order valence-corrected chi connectivity index (χ1v) is 9.25. The number of aromatic nitrogens is 2. The molecule has 2 unspecified atom stereocenters. The number of H-pyrrole nitrogens is 1. The number of rotatable bonds is 9. The van der Waals surface area contributed by atoms with Crippen LogP contribution in [0.25, 0.3) is 10.9 Å². The second-order valence-corrected chi connectivity index (χ2v) is 6.90.